The molecule has 2 N–H and O–H groups in total. The molecule has 30 heavy (non-hydrogen) atoms. The van der Waals surface area contributed by atoms with Crippen LogP contribution in [0.4, 0.5) is 0 Å². The minimum absolute atomic E-state index is 0.0372. The fraction of sp³-hybridized carbons (Fsp3) is 0.550. The number of carbonyl (C=O) groups excluding carboxylic acids is 2. The predicted octanol–water partition coefficient (Wildman–Crippen LogP) is 0.926. The van der Waals surface area contributed by atoms with Crippen molar-refractivity contribution >= 4 is 44.1 Å². The Morgan fingerprint density at radius 2 is 1.93 bits per heavy atom. The van der Waals surface area contributed by atoms with Crippen LogP contribution in [0.25, 0.3) is 10.9 Å². The summed E-state index contributed by atoms with van der Waals surface area (Å²) in [5, 5.41) is 0.377. The van der Waals surface area contributed by atoms with Gasteiger partial charge < -0.3 is 13.9 Å². The van der Waals surface area contributed by atoms with Crippen LogP contribution in [0.1, 0.15) is 28.9 Å². The summed E-state index contributed by atoms with van der Waals surface area (Å²) in [5.74, 6) is -0.750. The van der Waals surface area contributed by atoms with Crippen molar-refractivity contribution < 1.29 is 14.3 Å². The van der Waals surface area contributed by atoms with Gasteiger partial charge in [0.2, 0.25) is 5.91 Å². The number of fused-ring (bicyclic) bond motifs is 1. The smallest absolute Gasteiger partial charge is 0.274 e. The molecule has 0 bridgehead atoms. The molecule has 0 aliphatic heterocycles. The van der Waals surface area contributed by atoms with Crippen molar-refractivity contribution in [3.05, 3.63) is 27.8 Å². The fourth-order valence-electron chi connectivity index (χ4n) is 3.34. The number of aryl methyl sites for hydroxylation is 1. The van der Waals surface area contributed by atoms with E-state index in [2.05, 4.69) is 30.5 Å². The molecular formula is C20H29BN4O4Si. The molecule has 1 fully saturated rings. The third-order valence-electron chi connectivity index (χ3n) is 5.36. The monoisotopic (exact) mass is 428 g/mol. The maximum atomic E-state index is 12.9. The third kappa shape index (κ3) is 4.70. The van der Waals surface area contributed by atoms with Crippen molar-refractivity contribution in [1.29, 1.82) is 0 Å². The second-order valence-electron chi connectivity index (χ2n) is 9.18. The molecule has 1 saturated carbocycles. The van der Waals surface area contributed by atoms with E-state index < -0.39 is 14.0 Å². The van der Waals surface area contributed by atoms with Gasteiger partial charge in [-0.05, 0) is 25.8 Å². The van der Waals surface area contributed by atoms with E-state index in [1.165, 1.54) is 10.8 Å². The van der Waals surface area contributed by atoms with Gasteiger partial charge in [-0.3, -0.25) is 25.2 Å². The standard InChI is InChI=1S/C20H29BN4O4Si/c1-12-15(19(27)23-22-18(26)13-6-7-13)16-14(21)10-24(2)20(28)17(16)25(12)11-29-8-9-30(3,4)5/h10,13H,6-9,11H2,1-5H3,(H,22,26)(H,23,27). The van der Waals surface area contributed by atoms with Crippen LogP contribution >= 0.6 is 0 Å². The molecule has 0 unspecified atom stereocenters. The lowest BCUT2D eigenvalue weighted by atomic mass is 9.92. The van der Waals surface area contributed by atoms with Crippen LogP contribution in [0.2, 0.25) is 25.7 Å². The van der Waals surface area contributed by atoms with Gasteiger partial charge >= 0.3 is 0 Å². The van der Waals surface area contributed by atoms with E-state index in [9.17, 15) is 14.4 Å². The number of pyridine rings is 1. The first-order valence-electron chi connectivity index (χ1n) is 10.2. The van der Waals surface area contributed by atoms with E-state index in [1.54, 1.807) is 18.5 Å². The zero-order chi connectivity index (χ0) is 22.2. The van der Waals surface area contributed by atoms with Crippen LogP contribution in [0, 0.1) is 12.8 Å². The number of hydrogen-bond donors (Lipinski definition) is 2. The lowest BCUT2D eigenvalue weighted by Crippen LogP contribution is -2.42. The highest BCUT2D eigenvalue weighted by Gasteiger charge is 2.30. The van der Waals surface area contributed by atoms with Crippen molar-refractivity contribution in [2.75, 3.05) is 6.61 Å². The van der Waals surface area contributed by atoms with Gasteiger partial charge in [-0.15, -0.1) is 0 Å². The number of ether oxygens (including phenoxy) is 1. The number of hydrogen-bond acceptors (Lipinski definition) is 4. The van der Waals surface area contributed by atoms with Gasteiger partial charge in [0, 0.05) is 44.9 Å². The summed E-state index contributed by atoms with van der Waals surface area (Å²) >= 11 is 0. The normalized spacial score (nSPS) is 14.2. The van der Waals surface area contributed by atoms with Crippen molar-refractivity contribution in [2.24, 2.45) is 13.0 Å². The van der Waals surface area contributed by atoms with E-state index >= 15 is 0 Å². The molecule has 160 valence electrons. The van der Waals surface area contributed by atoms with Crippen LogP contribution in [-0.2, 0) is 23.3 Å². The number of hydrazine groups is 1. The van der Waals surface area contributed by atoms with Gasteiger partial charge in [-0.2, -0.15) is 0 Å². The number of nitrogens with zero attached hydrogens (tertiary/aromatic N) is 2. The van der Waals surface area contributed by atoms with E-state index in [1.807, 2.05) is 0 Å². The zero-order valence-electron chi connectivity index (χ0n) is 18.3. The molecular weight excluding hydrogens is 399 g/mol. The van der Waals surface area contributed by atoms with E-state index in [0.29, 0.717) is 28.7 Å². The Kier molecular flexibility index (Phi) is 6.28. The third-order valence-corrected chi connectivity index (χ3v) is 7.06. The molecule has 1 aliphatic carbocycles. The first-order valence-corrected chi connectivity index (χ1v) is 13.9. The number of rotatable bonds is 7. The average Bonchev–Trinajstić information content (AvgIpc) is 3.45. The van der Waals surface area contributed by atoms with Crippen LogP contribution in [-0.4, -0.2) is 43.5 Å². The molecule has 1 aliphatic rings. The highest BCUT2D eigenvalue weighted by molar-refractivity contribution is 6.76. The molecule has 3 rings (SSSR count). The van der Waals surface area contributed by atoms with E-state index in [0.717, 1.165) is 18.9 Å². The summed E-state index contributed by atoms with van der Waals surface area (Å²) in [4.78, 5) is 37.7. The van der Waals surface area contributed by atoms with Crippen LogP contribution in [0.3, 0.4) is 0 Å². The summed E-state index contributed by atoms with van der Waals surface area (Å²) in [6.45, 7) is 9.27. The fourth-order valence-corrected chi connectivity index (χ4v) is 4.10. The number of aromatic nitrogens is 2. The Morgan fingerprint density at radius 3 is 2.53 bits per heavy atom. The summed E-state index contributed by atoms with van der Waals surface area (Å²) in [7, 11) is 6.56. The highest BCUT2D eigenvalue weighted by atomic mass is 28.3. The second kappa shape index (κ2) is 8.43. The van der Waals surface area contributed by atoms with Gasteiger partial charge in [0.15, 0.2) is 0 Å². The van der Waals surface area contributed by atoms with Gasteiger partial charge in [0.05, 0.1) is 5.56 Å². The lowest BCUT2D eigenvalue weighted by molar-refractivity contribution is -0.123. The SMILES string of the molecule is [B]c1cn(C)c(=O)c2c1c(C(=O)NNC(=O)C1CC1)c(C)n2COCC[Si](C)(C)C. The molecule has 2 radical (unpaired) electrons. The molecule has 8 nitrogen and oxygen atoms in total. The summed E-state index contributed by atoms with van der Waals surface area (Å²) in [6, 6.07) is 0.992. The van der Waals surface area contributed by atoms with Gasteiger partial charge in [-0.25, -0.2) is 0 Å². The molecule has 2 heterocycles. The van der Waals surface area contributed by atoms with Crippen LogP contribution in [0.5, 0.6) is 0 Å². The topological polar surface area (TPSA) is 94.4 Å². The Balaban J connectivity index is 1.94. The number of nitrogens with one attached hydrogen (secondary N) is 2. The Bertz CT molecular complexity index is 1050. The first-order chi connectivity index (χ1) is 14.0. The van der Waals surface area contributed by atoms with Crippen molar-refractivity contribution in [1.82, 2.24) is 20.0 Å². The molecule has 10 heteroatoms. The number of carbonyl (C=O) groups is 2. The van der Waals surface area contributed by atoms with Crippen molar-refractivity contribution in [3.8, 4) is 0 Å². The Morgan fingerprint density at radius 1 is 1.27 bits per heavy atom. The maximum Gasteiger partial charge on any atom is 0.274 e. The van der Waals surface area contributed by atoms with Crippen molar-refractivity contribution in [3.63, 3.8) is 0 Å². The van der Waals surface area contributed by atoms with Gasteiger partial charge in [-0.1, -0.05) is 25.1 Å². The lowest BCUT2D eigenvalue weighted by Gasteiger charge is -2.16. The maximum absolute atomic E-state index is 12.9. The molecule has 0 aromatic carbocycles. The van der Waals surface area contributed by atoms with E-state index in [4.69, 9.17) is 12.6 Å². The molecule has 0 atom stereocenters. The average molecular weight is 428 g/mol. The number of amides is 2. The van der Waals surface area contributed by atoms with Gasteiger partial charge in [0.25, 0.3) is 11.5 Å². The van der Waals surface area contributed by atoms with Crippen LogP contribution < -0.4 is 21.9 Å². The molecule has 2 aromatic heterocycles. The quantitative estimate of drug-likeness (QED) is 0.390. The first kappa shape index (κ1) is 22.4. The zero-order valence-corrected chi connectivity index (χ0v) is 19.3. The highest BCUT2D eigenvalue weighted by Crippen LogP contribution is 2.28. The van der Waals surface area contributed by atoms with Gasteiger partial charge in [0.1, 0.15) is 20.1 Å². The minimum Gasteiger partial charge on any atom is -0.361 e. The Labute approximate surface area is 178 Å². The molecule has 0 spiro atoms. The minimum atomic E-state index is -1.25. The summed E-state index contributed by atoms with van der Waals surface area (Å²) in [5.41, 5.74) is 6.12. The predicted molar refractivity (Wildman–Crippen MR) is 120 cm³/mol. The molecule has 0 saturated heterocycles. The van der Waals surface area contributed by atoms with E-state index in [-0.39, 0.29) is 29.7 Å². The van der Waals surface area contributed by atoms with Crippen LogP contribution in [0.15, 0.2) is 11.0 Å². The summed E-state index contributed by atoms with van der Waals surface area (Å²) < 4.78 is 8.94. The summed E-state index contributed by atoms with van der Waals surface area (Å²) in [6.07, 6.45) is 3.16. The largest absolute Gasteiger partial charge is 0.361 e. The second-order valence-corrected chi connectivity index (χ2v) is 14.8. The Hall–Kier alpha value is -2.33. The molecule has 2 amide bonds. The molecule has 2 aromatic rings. The van der Waals surface area contributed by atoms with Crippen molar-refractivity contribution in [2.45, 2.75) is 52.2 Å².